The van der Waals surface area contributed by atoms with Gasteiger partial charge in [-0.3, -0.25) is 0 Å². The molecular formula is C12H18Br2. The van der Waals surface area contributed by atoms with Crippen LogP contribution in [-0.2, 0) is 0 Å². The van der Waals surface area contributed by atoms with Gasteiger partial charge in [-0.05, 0) is 38.5 Å². The van der Waals surface area contributed by atoms with Crippen LogP contribution in [0.2, 0.25) is 0 Å². The Kier molecular flexibility index (Phi) is 6.88. The van der Waals surface area contributed by atoms with Gasteiger partial charge < -0.3 is 0 Å². The molecule has 1 aliphatic rings. The van der Waals surface area contributed by atoms with E-state index in [1.54, 1.807) is 0 Å². The highest BCUT2D eigenvalue weighted by molar-refractivity contribution is 9.12. The summed E-state index contributed by atoms with van der Waals surface area (Å²) in [6.45, 7) is 0. The molecule has 0 aromatic carbocycles. The highest BCUT2D eigenvalue weighted by atomic mass is 79.9. The van der Waals surface area contributed by atoms with Crippen molar-refractivity contribution >= 4 is 31.9 Å². The predicted octanol–water partition coefficient (Wildman–Crippen LogP) is 4.98. The number of hydrogen-bond donors (Lipinski definition) is 0. The van der Waals surface area contributed by atoms with E-state index in [1.807, 2.05) is 0 Å². The summed E-state index contributed by atoms with van der Waals surface area (Å²) in [5.41, 5.74) is 0. The molecule has 14 heavy (non-hydrogen) atoms. The van der Waals surface area contributed by atoms with Crippen LogP contribution in [0.25, 0.3) is 0 Å². The molecule has 2 heteroatoms. The fourth-order valence-electron chi connectivity index (χ4n) is 1.54. The average molecular weight is 322 g/mol. The molecule has 1 rings (SSSR count). The van der Waals surface area contributed by atoms with Crippen molar-refractivity contribution < 1.29 is 0 Å². The van der Waals surface area contributed by atoms with E-state index in [-0.39, 0.29) is 0 Å². The molecule has 0 bridgehead atoms. The Labute approximate surface area is 104 Å². The zero-order valence-corrected chi connectivity index (χ0v) is 11.6. The van der Waals surface area contributed by atoms with Crippen molar-refractivity contribution in [1.29, 1.82) is 0 Å². The molecule has 0 saturated heterocycles. The molecule has 0 saturated carbocycles. The monoisotopic (exact) mass is 320 g/mol. The van der Waals surface area contributed by atoms with Gasteiger partial charge in [-0.1, -0.05) is 56.2 Å². The standard InChI is InChI=1S/C12H18Br2/c13-11-9-7-5-3-1-2-4-6-8-10-12(11)14/h3-6,11-12H,1-2,7-10H2/b5-3+,6-4+/t11-,12-/m1/s1. The fourth-order valence-corrected chi connectivity index (χ4v) is 2.59. The maximum absolute atomic E-state index is 3.74. The highest BCUT2D eigenvalue weighted by Gasteiger charge is 2.13. The summed E-state index contributed by atoms with van der Waals surface area (Å²) in [6, 6.07) is 0. The van der Waals surface area contributed by atoms with Crippen molar-refractivity contribution in [2.24, 2.45) is 0 Å². The van der Waals surface area contributed by atoms with Gasteiger partial charge in [0, 0.05) is 9.65 Å². The molecule has 0 aliphatic heterocycles. The van der Waals surface area contributed by atoms with Crippen molar-refractivity contribution in [3.8, 4) is 0 Å². The van der Waals surface area contributed by atoms with E-state index in [1.165, 1.54) is 38.5 Å². The van der Waals surface area contributed by atoms with Gasteiger partial charge in [-0.15, -0.1) is 0 Å². The lowest BCUT2D eigenvalue weighted by atomic mass is 10.1. The summed E-state index contributed by atoms with van der Waals surface area (Å²) in [7, 11) is 0. The lowest BCUT2D eigenvalue weighted by molar-refractivity contribution is 0.698. The lowest BCUT2D eigenvalue weighted by Crippen LogP contribution is -2.13. The molecule has 0 amide bonds. The second-order valence-electron chi connectivity index (χ2n) is 3.71. The second-order valence-corrected chi connectivity index (χ2v) is 6.06. The molecule has 0 unspecified atom stereocenters. The van der Waals surface area contributed by atoms with Gasteiger partial charge >= 0.3 is 0 Å². The summed E-state index contributed by atoms with van der Waals surface area (Å²) in [5.74, 6) is 0. The minimum atomic E-state index is 0.611. The molecule has 80 valence electrons. The van der Waals surface area contributed by atoms with E-state index in [2.05, 4.69) is 56.2 Å². The summed E-state index contributed by atoms with van der Waals surface area (Å²) in [5, 5.41) is 0. The molecule has 0 nitrogen and oxygen atoms in total. The third-order valence-electron chi connectivity index (χ3n) is 2.44. The van der Waals surface area contributed by atoms with Crippen molar-refractivity contribution in [3.63, 3.8) is 0 Å². The van der Waals surface area contributed by atoms with Gasteiger partial charge in [0.15, 0.2) is 0 Å². The summed E-state index contributed by atoms with van der Waals surface area (Å²) in [6.07, 6.45) is 16.5. The van der Waals surface area contributed by atoms with E-state index >= 15 is 0 Å². The Hall–Kier alpha value is 0.440. The van der Waals surface area contributed by atoms with Crippen molar-refractivity contribution in [2.45, 2.75) is 48.2 Å². The smallest absolute Gasteiger partial charge is 0.0274 e. The van der Waals surface area contributed by atoms with Crippen LogP contribution in [0.3, 0.4) is 0 Å². The highest BCUT2D eigenvalue weighted by Crippen LogP contribution is 2.24. The fraction of sp³-hybridized carbons (Fsp3) is 0.667. The zero-order valence-electron chi connectivity index (χ0n) is 8.46. The first-order valence-electron chi connectivity index (χ1n) is 5.39. The summed E-state index contributed by atoms with van der Waals surface area (Å²) in [4.78, 5) is 1.22. The Morgan fingerprint density at radius 3 is 1.43 bits per heavy atom. The number of alkyl halides is 2. The molecule has 0 radical (unpaired) electrons. The number of halogens is 2. The third kappa shape index (κ3) is 5.35. The van der Waals surface area contributed by atoms with Crippen LogP contribution in [0.4, 0.5) is 0 Å². The van der Waals surface area contributed by atoms with Gasteiger partial charge in [0.2, 0.25) is 0 Å². The summed E-state index contributed by atoms with van der Waals surface area (Å²) < 4.78 is 0. The number of rotatable bonds is 0. The van der Waals surface area contributed by atoms with Gasteiger partial charge in [0.1, 0.15) is 0 Å². The Bertz CT molecular complexity index is 174. The van der Waals surface area contributed by atoms with Crippen molar-refractivity contribution in [3.05, 3.63) is 24.3 Å². The first-order valence-corrected chi connectivity index (χ1v) is 7.22. The molecule has 0 fully saturated rings. The van der Waals surface area contributed by atoms with Crippen LogP contribution in [0.1, 0.15) is 38.5 Å². The minimum Gasteiger partial charge on any atom is -0.0885 e. The Balaban J connectivity index is 2.41. The Morgan fingerprint density at radius 1 is 0.643 bits per heavy atom. The SMILES string of the molecule is Br[C@@H]1CC/C=C/CC/C=C/CC[C@H]1Br. The third-order valence-corrected chi connectivity index (χ3v) is 5.35. The quantitative estimate of drug-likeness (QED) is 0.436. The van der Waals surface area contributed by atoms with Crippen LogP contribution >= 0.6 is 31.9 Å². The van der Waals surface area contributed by atoms with Crippen LogP contribution in [0.5, 0.6) is 0 Å². The molecule has 1 aliphatic carbocycles. The number of allylic oxidation sites excluding steroid dienone is 4. The Morgan fingerprint density at radius 2 is 1.00 bits per heavy atom. The van der Waals surface area contributed by atoms with Crippen LogP contribution < -0.4 is 0 Å². The van der Waals surface area contributed by atoms with E-state index in [0.717, 1.165) is 0 Å². The second kappa shape index (κ2) is 7.70. The van der Waals surface area contributed by atoms with E-state index in [4.69, 9.17) is 0 Å². The van der Waals surface area contributed by atoms with E-state index < -0.39 is 0 Å². The predicted molar refractivity (Wildman–Crippen MR) is 71.4 cm³/mol. The first-order chi connectivity index (χ1) is 6.80. The van der Waals surface area contributed by atoms with Gasteiger partial charge in [-0.2, -0.15) is 0 Å². The van der Waals surface area contributed by atoms with Gasteiger partial charge in [-0.25, -0.2) is 0 Å². The van der Waals surface area contributed by atoms with Gasteiger partial charge in [0.25, 0.3) is 0 Å². The molecule has 0 heterocycles. The number of hydrogen-bond acceptors (Lipinski definition) is 0. The van der Waals surface area contributed by atoms with E-state index in [9.17, 15) is 0 Å². The maximum Gasteiger partial charge on any atom is 0.0274 e. The minimum absolute atomic E-state index is 0.611. The average Bonchev–Trinajstić information content (AvgIpc) is 2.18. The lowest BCUT2D eigenvalue weighted by Gasteiger charge is -2.15. The van der Waals surface area contributed by atoms with Gasteiger partial charge in [0.05, 0.1) is 0 Å². The molecular weight excluding hydrogens is 304 g/mol. The van der Waals surface area contributed by atoms with Crippen LogP contribution in [0.15, 0.2) is 24.3 Å². The molecule has 0 aromatic rings. The summed E-state index contributed by atoms with van der Waals surface area (Å²) >= 11 is 7.48. The topological polar surface area (TPSA) is 0 Å². The van der Waals surface area contributed by atoms with Crippen LogP contribution in [0, 0.1) is 0 Å². The first kappa shape index (κ1) is 12.5. The zero-order chi connectivity index (χ0) is 10.2. The van der Waals surface area contributed by atoms with E-state index in [0.29, 0.717) is 9.65 Å². The van der Waals surface area contributed by atoms with Crippen molar-refractivity contribution in [1.82, 2.24) is 0 Å². The van der Waals surface area contributed by atoms with Crippen molar-refractivity contribution in [2.75, 3.05) is 0 Å². The maximum atomic E-state index is 3.74. The molecule has 0 aromatic heterocycles. The molecule has 0 N–H and O–H groups in total. The molecule has 0 spiro atoms. The van der Waals surface area contributed by atoms with Crippen LogP contribution in [-0.4, -0.2) is 9.65 Å². The molecule has 2 atom stereocenters. The largest absolute Gasteiger partial charge is 0.0885 e. The normalized spacial score (nSPS) is 35.3.